The van der Waals surface area contributed by atoms with Crippen LogP contribution in [0.15, 0.2) is 35.1 Å². The minimum Gasteiger partial charge on any atom is -0.474 e. The normalized spacial score (nSPS) is 16.4. The Hall–Kier alpha value is -2.43. The Morgan fingerprint density at radius 2 is 2.10 bits per heavy atom. The van der Waals surface area contributed by atoms with Crippen molar-refractivity contribution < 1.29 is 9.53 Å². The van der Waals surface area contributed by atoms with Crippen molar-refractivity contribution in [3.63, 3.8) is 0 Å². The third-order valence-corrected chi connectivity index (χ3v) is 3.53. The molecule has 1 aliphatic rings. The second-order valence-corrected chi connectivity index (χ2v) is 5.11. The van der Waals surface area contributed by atoms with Gasteiger partial charge in [0.05, 0.1) is 5.56 Å². The Bertz CT molecular complexity index is 750. The number of rotatable bonds is 2. The number of aromatic nitrogens is 2. The predicted octanol–water partition coefficient (Wildman–Crippen LogP) is 2.28. The Morgan fingerprint density at radius 3 is 2.76 bits per heavy atom. The molecule has 0 aliphatic carbocycles. The molecule has 108 valence electrons. The standard InChI is InChI=1S/C16H16N2O3/c1-3-13(19)18-14(11-7-5-4-6-8-11)17-15-12(16(18)20)9-10(2)21-15/h4-8,10H,3,9H2,1-2H3/t10-/m1/s1. The maximum atomic E-state index is 12.6. The Balaban J connectivity index is 2.29. The number of hydrogen-bond donors (Lipinski definition) is 0. The van der Waals surface area contributed by atoms with Crippen molar-refractivity contribution in [3.05, 3.63) is 46.2 Å². The third kappa shape index (κ3) is 2.24. The lowest BCUT2D eigenvalue weighted by molar-refractivity contribution is 0.0905. The van der Waals surface area contributed by atoms with Crippen molar-refractivity contribution in [1.82, 2.24) is 9.55 Å². The summed E-state index contributed by atoms with van der Waals surface area (Å²) < 4.78 is 6.76. The number of benzene rings is 1. The summed E-state index contributed by atoms with van der Waals surface area (Å²) in [5, 5.41) is 0. The summed E-state index contributed by atoms with van der Waals surface area (Å²) in [6, 6.07) is 9.22. The first-order valence-corrected chi connectivity index (χ1v) is 7.03. The van der Waals surface area contributed by atoms with E-state index in [9.17, 15) is 9.59 Å². The molecule has 0 unspecified atom stereocenters. The first kappa shape index (κ1) is 13.5. The van der Waals surface area contributed by atoms with Crippen molar-refractivity contribution in [2.24, 2.45) is 0 Å². The highest BCUT2D eigenvalue weighted by atomic mass is 16.5. The zero-order valence-electron chi connectivity index (χ0n) is 12.0. The van der Waals surface area contributed by atoms with Crippen molar-refractivity contribution >= 4 is 5.91 Å². The molecule has 3 rings (SSSR count). The van der Waals surface area contributed by atoms with Gasteiger partial charge in [-0.15, -0.1) is 0 Å². The topological polar surface area (TPSA) is 61.2 Å². The van der Waals surface area contributed by atoms with Crippen LogP contribution in [0.2, 0.25) is 0 Å². The van der Waals surface area contributed by atoms with E-state index in [4.69, 9.17) is 4.74 Å². The molecule has 21 heavy (non-hydrogen) atoms. The molecule has 1 atom stereocenters. The van der Waals surface area contributed by atoms with E-state index in [1.165, 1.54) is 4.57 Å². The SMILES string of the molecule is CCC(=O)n1c(-c2ccccc2)nc2c(c1=O)C[C@@H](C)O2. The van der Waals surface area contributed by atoms with Crippen LogP contribution in [-0.4, -0.2) is 21.6 Å². The first-order chi connectivity index (χ1) is 10.1. The van der Waals surface area contributed by atoms with Gasteiger partial charge >= 0.3 is 0 Å². The monoisotopic (exact) mass is 284 g/mol. The molecular formula is C16H16N2O3. The molecule has 5 nitrogen and oxygen atoms in total. The summed E-state index contributed by atoms with van der Waals surface area (Å²) in [7, 11) is 0. The number of carbonyl (C=O) groups excluding carboxylic acids is 1. The number of carbonyl (C=O) groups is 1. The van der Waals surface area contributed by atoms with Crippen LogP contribution in [0.1, 0.15) is 30.6 Å². The molecule has 0 N–H and O–H groups in total. The van der Waals surface area contributed by atoms with E-state index in [0.717, 1.165) is 5.56 Å². The van der Waals surface area contributed by atoms with Crippen molar-refractivity contribution in [1.29, 1.82) is 0 Å². The first-order valence-electron chi connectivity index (χ1n) is 7.03. The molecule has 5 heteroatoms. The summed E-state index contributed by atoms with van der Waals surface area (Å²) in [6.07, 6.45) is 0.653. The van der Waals surface area contributed by atoms with Gasteiger partial charge in [0, 0.05) is 18.4 Å². The van der Waals surface area contributed by atoms with Crippen LogP contribution in [0, 0.1) is 0 Å². The van der Waals surface area contributed by atoms with Gasteiger partial charge in [-0.25, -0.2) is 4.57 Å². The second-order valence-electron chi connectivity index (χ2n) is 5.11. The third-order valence-electron chi connectivity index (χ3n) is 3.53. The number of fused-ring (bicyclic) bond motifs is 1. The van der Waals surface area contributed by atoms with E-state index in [-0.39, 0.29) is 24.0 Å². The fourth-order valence-corrected chi connectivity index (χ4v) is 2.50. The van der Waals surface area contributed by atoms with Gasteiger partial charge in [0.2, 0.25) is 11.8 Å². The van der Waals surface area contributed by atoms with E-state index < -0.39 is 0 Å². The van der Waals surface area contributed by atoms with Crippen molar-refractivity contribution in [2.45, 2.75) is 32.8 Å². The van der Waals surface area contributed by atoms with Crippen LogP contribution in [0.3, 0.4) is 0 Å². The average Bonchev–Trinajstić information content (AvgIpc) is 2.88. The molecule has 0 saturated heterocycles. The Kier molecular flexibility index (Phi) is 3.33. The lowest BCUT2D eigenvalue weighted by Gasteiger charge is -2.11. The lowest BCUT2D eigenvalue weighted by atomic mass is 10.1. The molecule has 0 bridgehead atoms. The summed E-state index contributed by atoms with van der Waals surface area (Å²) in [5.41, 5.74) is 0.904. The van der Waals surface area contributed by atoms with Gasteiger partial charge in [-0.2, -0.15) is 4.98 Å². The van der Waals surface area contributed by atoms with Crippen molar-refractivity contribution in [3.8, 4) is 17.3 Å². The van der Waals surface area contributed by atoms with E-state index in [2.05, 4.69) is 4.98 Å². The summed E-state index contributed by atoms with van der Waals surface area (Å²) in [4.78, 5) is 29.2. The highest BCUT2D eigenvalue weighted by Crippen LogP contribution is 2.27. The van der Waals surface area contributed by atoms with Gasteiger partial charge < -0.3 is 4.74 Å². The molecule has 0 fully saturated rings. The van der Waals surface area contributed by atoms with Crippen LogP contribution in [0.5, 0.6) is 5.88 Å². The number of ether oxygens (including phenoxy) is 1. The molecule has 0 amide bonds. The van der Waals surface area contributed by atoms with Gasteiger partial charge in [0.15, 0.2) is 5.82 Å². The average molecular weight is 284 g/mol. The predicted molar refractivity (Wildman–Crippen MR) is 78.6 cm³/mol. The molecule has 1 aromatic carbocycles. The maximum absolute atomic E-state index is 12.6. The summed E-state index contributed by atoms with van der Waals surface area (Å²) in [6.45, 7) is 3.62. The largest absolute Gasteiger partial charge is 0.474 e. The summed E-state index contributed by atoms with van der Waals surface area (Å²) in [5.74, 6) is 0.445. The number of hydrogen-bond acceptors (Lipinski definition) is 4. The molecule has 0 radical (unpaired) electrons. The second kappa shape index (κ2) is 5.16. The zero-order chi connectivity index (χ0) is 15.0. The van der Waals surface area contributed by atoms with Crippen LogP contribution >= 0.6 is 0 Å². The fourth-order valence-electron chi connectivity index (χ4n) is 2.50. The van der Waals surface area contributed by atoms with Crippen molar-refractivity contribution in [2.75, 3.05) is 0 Å². The molecule has 2 heterocycles. The van der Waals surface area contributed by atoms with Gasteiger partial charge in [0.1, 0.15) is 6.10 Å². The number of nitrogens with zero attached hydrogens (tertiary/aromatic N) is 2. The quantitative estimate of drug-likeness (QED) is 0.849. The van der Waals surface area contributed by atoms with E-state index in [0.29, 0.717) is 23.7 Å². The Morgan fingerprint density at radius 1 is 1.38 bits per heavy atom. The van der Waals surface area contributed by atoms with Crippen LogP contribution in [-0.2, 0) is 6.42 Å². The van der Waals surface area contributed by atoms with E-state index in [1.807, 2.05) is 37.3 Å². The van der Waals surface area contributed by atoms with E-state index in [1.54, 1.807) is 6.92 Å². The maximum Gasteiger partial charge on any atom is 0.267 e. The molecule has 1 aromatic heterocycles. The van der Waals surface area contributed by atoms with Crippen LogP contribution in [0.25, 0.3) is 11.4 Å². The summed E-state index contributed by atoms with van der Waals surface area (Å²) >= 11 is 0. The van der Waals surface area contributed by atoms with E-state index >= 15 is 0 Å². The highest BCUT2D eigenvalue weighted by Gasteiger charge is 2.28. The minimum atomic E-state index is -0.310. The lowest BCUT2D eigenvalue weighted by Crippen LogP contribution is -2.30. The van der Waals surface area contributed by atoms with Crippen LogP contribution < -0.4 is 10.3 Å². The van der Waals surface area contributed by atoms with Gasteiger partial charge in [-0.3, -0.25) is 9.59 Å². The molecule has 2 aromatic rings. The molecule has 0 saturated carbocycles. The van der Waals surface area contributed by atoms with Crippen LogP contribution in [0.4, 0.5) is 0 Å². The Labute approximate surface area is 122 Å². The van der Waals surface area contributed by atoms with Gasteiger partial charge in [-0.1, -0.05) is 37.3 Å². The molecular weight excluding hydrogens is 268 g/mol. The molecule has 0 spiro atoms. The fraction of sp³-hybridized carbons (Fsp3) is 0.312. The zero-order valence-corrected chi connectivity index (χ0v) is 12.0. The smallest absolute Gasteiger partial charge is 0.267 e. The van der Waals surface area contributed by atoms with Gasteiger partial charge in [-0.05, 0) is 6.92 Å². The minimum absolute atomic E-state index is 0.0867. The highest BCUT2D eigenvalue weighted by molar-refractivity contribution is 5.83. The molecule has 1 aliphatic heterocycles. The van der Waals surface area contributed by atoms with Gasteiger partial charge in [0.25, 0.3) is 5.56 Å².